The first-order chi connectivity index (χ1) is 38.0. The molecule has 0 spiro atoms. The van der Waals surface area contributed by atoms with Crippen molar-refractivity contribution in [3.8, 4) is 5.75 Å². The smallest absolute Gasteiger partial charge is 0.245 e. The minimum Gasteiger partial charge on any atom is -0.508 e. The number of aliphatic hydroxyl groups is 1. The van der Waals surface area contributed by atoms with Crippen molar-refractivity contribution in [1.29, 1.82) is 0 Å². The first kappa shape index (κ1) is 61.8. The molecule has 6 rings (SSSR count). The van der Waals surface area contributed by atoms with Crippen LogP contribution in [0.5, 0.6) is 5.75 Å². The number of aromatic nitrogens is 1. The second-order valence-electron chi connectivity index (χ2n) is 19.2. The number of hydrogen-bond donors (Lipinski definition) is 11. The highest BCUT2D eigenvalue weighted by Crippen LogP contribution is 2.32. The van der Waals surface area contributed by atoms with Gasteiger partial charge in [-0.15, -0.1) is 0 Å². The number of aliphatic hydroxyl groups excluding tert-OH is 1. The number of Topliss-reactive ketones (excluding diaryl/α,β-unsaturated/α-hetero) is 1. The molecule has 3 aromatic carbocycles. The second kappa shape index (κ2) is 31.4. The zero-order valence-electron chi connectivity index (χ0n) is 43.5. The zero-order chi connectivity index (χ0) is 56.8. The van der Waals surface area contributed by atoms with Gasteiger partial charge in [0.05, 0.1) is 18.2 Å². The van der Waals surface area contributed by atoms with E-state index in [4.69, 9.17) is 17.2 Å². The van der Waals surface area contributed by atoms with Gasteiger partial charge in [0.25, 0.3) is 0 Å². The number of rotatable bonds is 20. The van der Waals surface area contributed by atoms with Gasteiger partial charge in [-0.2, -0.15) is 0 Å². The molecule has 1 aliphatic heterocycles. The van der Waals surface area contributed by atoms with Gasteiger partial charge in [-0.05, 0) is 115 Å². The number of nitrogens with two attached hydrogens (primary N) is 3. The van der Waals surface area contributed by atoms with Gasteiger partial charge >= 0.3 is 0 Å². The van der Waals surface area contributed by atoms with Crippen molar-refractivity contribution in [2.45, 2.75) is 112 Å². The van der Waals surface area contributed by atoms with Crippen molar-refractivity contribution in [1.82, 2.24) is 36.9 Å². The van der Waals surface area contributed by atoms with Crippen LogP contribution in [-0.4, -0.2) is 135 Å². The summed E-state index contributed by atoms with van der Waals surface area (Å²) in [6.45, 7) is 1.52. The van der Waals surface area contributed by atoms with Crippen molar-refractivity contribution in [2.24, 2.45) is 23.1 Å². The molecule has 9 atom stereocenters. The quantitative estimate of drug-likeness (QED) is 0.0447. The third kappa shape index (κ3) is 19.4. The fraction of sp³-hybridized carbons (Fsp3) is 0.400. The predicted molar refractivity (Wildman–Crippen MR) is 309 cm³/mol. The number of fused-ring (bicyclic) bond motifs is 1. The van der Waals surface area contributed by atoms with E-state index >= 15 is 0 Å². The molecule has 1 aromatic heterocycles. The number of carbonyl (C=O) groups is 8. The van der Waals surface area contributed by atoms with Gasteiger partial charge in [0, 0.05) is 42.2 Å². The Bertz CT molecular complexity index is 2760. The van der Waals surface area contributed by atoms with Crippen molar-refractivity contribution >= 4 is 95.9 Å². The van der Waals surface area contributed by atoms with E-state index in [1.807, 2.05) is 48.5 Å². The Morgan fingerprint density at radius 1 is 0.797 bits per heavy atom. The molecule has 1 fully saturated rings. The molecule has 2 heterocycles. The van der Waals surface area contributed by atoms with Crippen LogP contribution in [-0.2, 0) is 57.6 Å². The van der Waals surface area contributed by atoms with Gasteiger partial charge < -0.3 is 59.3 Å². The molecule has 422 valence electrons. The fourth-order valence-corrected chi connectivity index (χ4v) is 13.1. The summed E-state index contributed by atoms with van der Waals surface area (Å²) < 4.78 is 0. The van der Waals surface area contributed by atoms with Gasteiger partial charge in [0.1, 0.15) is 41.0 Å². The van der Waals surface area contributed by atoms with E-state index < -0.39 is 108 Å². The normalized spacial score (nSPS) is 21.8. The Hall–Kier alpha value is -6.41. The maximum absolute atomic E-state index is 14.9. The number of aromatic hydroxyl groups is 1. The van der Waals surface area contributed by atoms with Gasteiger partial charge in [0.2, 0.25) is 41.4 Å². The summed E-state index contributed by atoms with van der Waals surface area (Å²) in [4.78, 5) is 118. The van der Waals surface area contributed by atoms with Gasteiger partial charge in [0.15, 0.2) is 5.78 Å². The van der Waals surface area contributed by atoms with Crippen LogP contribution in [0, 0.1) is 5.92 Å². The fourth-order valence-electron chi connectivity index (χ4n) is 8.68. The van der Waals surface area contributed by atoms with Crippen LogP contribution in [0.15, 0.2) is 114 Å². The molecule has 2 aliphatic rings. The van der Waals surface area contributed by atoms with Crippen molar-refractivity contribution in [3.05, 3.63) is 132 Å². The standard InChI is InChI=1S/C55H68N10O10S4/c1-32(66)48-55(75)64-45(54(74)63-44(49(58)69)30-78-79-47-16-8-10-24-59-47)31-77-76-29-43(62-51(71)40(57)26-33-11-3-2-4-12-33)46(68)28-37(25-34-17-21-38(67)22-18-34)50(70)61-42(27-36-20-19-35-13-5-6-14-39(35)36)53(73)60-41(52(72)65-48)15-7-9-23-56/h2-6,8,10-14,16-18,20-22,24,32,37,40-45,48,66-67H,7,9,15,19,23,25-31,56-57H2,1H3,(H2,58,69)(H,60,73)(H,61,70)(H,62,71)(H,63,74)(H,64,75)(H,65,72)/t32-,37-,40-,41+,42-,43+,44+,45+,48+/m1/s1. The number of carbonyl (C=O) groups excluding carboxylic acids is 8. The number of nitrogens with zero attached hydrogens (tertiary/aromatic N) is 1. The summed E-state index contributed by atoms with van der Waals surface area (Å²) in [5.74, 6) is -7.79. The summed E-state index contributed by atoms with van der Waals surface area (Å²) in [5, 5.41) is 38.1. The maximum atomic E-state index is 14.9. The molecular weight excluding hydrogens is 1090 g/mol. The molecule has 1 aliphatic carbocycles. The molecule has 0 saturated carbocycles. The molecule has 0 unspecified atom stereocenters. The number of nitrogens with one attached hydrogen (secondary N) is 6. The van der Waals surface area contributed by atoms with E-state index in [1.165, 1.54) is 40.6 Å². The highest BCUT2D eigenvalue weighted by molar-refractivity contribution is 8.77. The zero-order valence-corrected chi connectivity index (χ0v) is 46.8. The van der Waals surface area contributed by atoms with Gasteiger partial charge in [-0.1, -0.05) is 111 Å². The maximum Gasteiger partial charge on any atom is 0.245 e. The molecule has 20 nitrogen and oxygen atoms in total. The lowest BCUT2D eigenvalue weighted by atomic mass is 9.90. The summed E-state index contributed by atoms with van der Waals surface area (Å²) in [6, 6.07) is 18.6. The Labute approximate surface area is 474 Å². The molecule has 4 aromatic rings. The summed E-state index contributed by atoms with van der Waals surface area (Å²) in [7, 11) is 4.54. The second-order valence-corrected chi connectivity index (χ2v) is 24.1. The summed E-state index contributed by atoms with van der Waals surface area (Å²) in [5.41, 5.74) is 22.0. The number of unbranched alkanes of at least 4 members (excludes halogenated alkanes) is 1. The largest absolute Gasteiger partial charge is 0.508 e. The third-order valence-corrected chi connectivity index (χ3v) is 17.8. The minimum absolute atomic E-state index is 0.00189. The first-order valence-corrected chi connectivity index (χ1v) is 30.6. The molecule has 79 heavy (non-hydrogen) atoms. The van der Waals surface area contributed by atoms with E-state index in [0.717, 1.165) is 43.9 Å². The molecule has 14 N–H and O–H groups in total. The van der Waals surface area contributed by atoms with Gasteiger partial charge in [-0.3, -0.25) is 38.4 Å². The number of amides is 7. The number of pyridine rings is 1. The Morgan fingerprint density at radius 3 is 2.20 bits per heavy atom. The number of benzene rings is 3. The molecule has 24 heteroatoms. The lowest BCUT2D eigenvalue weighted by Gasteiger charge is -2.29. The van der Waals surface area contributed by atoms with Crippen molar-refractivity contribution < 1.29 is 48.6 Å². The molecule has 0 radical (unpaired) electrons. The number of phenolic OH excluding ortho intramolecular Hbond substituents is 1. The lowest BCUT2D eigenvalue weighted by molar-refractivity contribution is -0.137. The van der Waals surface area contributed by atoms with Crippen molar-refractivity contribution in [2.75, 3.05) is 23.8 Å². The van der Waals surface area contributed by atoms with Crippen LogP contribution < -0.4 is 49.1 Å². The summed E-state index contributed by atoms with van der Waals surface area (Å²) >= 11 is 0. The highest BCUT2D eigenvalue weighted by Gasteiger charge is 2.37. The third-order valence-electron chi connectivity index (χ3n) is 13.1. The topological polar surface area (TPSA) is 340 Å². The highest BCUT2D eigenvalue weighted by atomic mass is 33.1. The average Bonchev–Trinajstić information content (AvgIpc) is 3.84. The van der Waals surface area contributed by atoms with Crippen LogP contribution in [0.4, 0.5) is 0 Å². The van der Waals surface area contributed by atoms with Crippen LogP contribution in [0.25, 0.3) is 5.57 Å². The Kier molecular flexibility index (Phi) is 24.6. The molecule has 7 amide bonds. The molecular formula is C55H68N10O10S4. The van der Waals surface area contributed by atoms with E-state index in [9.17, 15) is 48.6 Å². The number of ketones is 1. The van der Waals surface area contributed by atoms with Crippen LogP contribution in [0.3, 0.4) is 0 Å². The summed E-state index contributed by atoms with van der Waals surface area (Å²) in [6.07, 6.45) is 3.01. The number of phenols is 1. The molecule has 0 bridgehead atoms. The average molecular weight is 1160 g/mol. The van der Waals surface area contributed by atoms with Gasteiger partial charge in [-0.25, -0.2) is 4.98 Å². The monoisotopic (exact) mass is 1160 g/mol. The van der Waals surface area contributed by atoms with Crippen LogP contribution >= 0.6 is 43.2 Å². The minimum atomic E-state index is -1.69. The predicted octanol–water partition coefficient (Wildman–Crippen LogP) is 2.24. The molecule has 1 saturated heterocycles. The van der Waals surface area contributed by atoms with E-state index in [-0.39, 0.29) is 55.2 Å². The number of primary amides is 1. The Balaban J connectivity index is 1.37. The van der Waals surface area contributed by atoms with E-state index in [1.54, 1.807) is 48.7 Å². The van der Waals surface area contributed by atoms with Crippen LogP contribution in [0.2, 0.25) is 0 Å². The van der Waals surface area contributed by atoms with Crippen molar-refractivity contribution in [3.63, 3.8) is 0 Å². The number of hydrogen-bond acceptors (Lipinski definition) is 17. The first-order valence-electron chi connectivity index (χ1n) is 25.8. The Morgan fingerprint density at radius 2 is 1.49 bits per heavy atom. The van der Waals surface area contributed by atoms with E-state index in [0.29, 0.717) is 29.9 Å². The SMILES string of the molecule is C[C@@H](O)[C@@H]1NC(=O)[C@H](CCCCN)NC(=O)[C@@H](CC2=CCc3ccccc32)NC(=O)[C@H](Cc2ccc(O)cc2)CC(=O)[C@@H](NC(=O)[C@H](N)Cc2ccccc2)CSSC[C@@H](C(=O)N[C@@H](CSSc2ccccn2)C(N)=O)NC1=O. The van der Waals surface area contributed by atoms with E-state index in [2.05, 4.69) is 36.9 Å². The van der Waals surface area contributed by atoms with Crippen LogP contribution in [0.1, 0.15) is 61.3 Å². The number of allylic oxidation sites excluding steroid dienone is 1. The lowest BCUT2D eigenvalue weighted by Crippen LogP contribution is -2.61.